The molecule has 0 atom stereocenters. The summed E-state index contributed by atoms with van der Waals surface area (Å²) in [6, 6.07) is 14.9. The third kappa shape index (κ3) is 5.31. The Morgan fingerprint density at radius 2 is 1.84 bits per heavy atom. The highest BCUT2D eigenvalue weighted by molar-refractivity contribution is 5.92. The minimum absolute atomic E-state index is 0.0382. The highest BCUT2D eigenvalue weighted by Crippen LogP contribution is 2.21. The Morgan fingerprint density at radius 1 is 1.06 bits per heavy atom. The van der Waals surface area contributed by atoms with Gasteiger partial charge in [-0.05, 0) is 36.2 Å². The molecule has 31 heavy (non-hydrogen) atoms. The molecule has 1 amide bonds. The second kappa shape index (κ2) is 9.32. The molecule has 0 spiro atoms. The number of hydrogen-bond acceptors (Lipinski definition) is 6. The Bertz CT molecular complexity index is 1130. The van der Waals surface area contributed by atoms with Crippen molar-refractivity contribution in [2.24, 2.45) is 0 Å². The van der Waals surface area contributed by atoms with Crippen molar-refractivity contribution in [3.05, 3.63) is 70.1 Å². The number of carbonyl (C=O) groups excluding carboxylic acids is 1. The molecule has 0 saturated carbocycles. The van der Waals surface area contributed by atoms with Gasteiger partial charge in [0.2, 0.25) is 5.91 Å². The van der Waals surface area contributed by atoms with Crippen molar-refractivity contribution in [1.82, 2.24) is 9.80 Å². The molecule has 1 saturated heterocycles. The molecule has 1 fully saturated rings. The molecule has 1 aromatic heterocycles. The van der Waals surface area contributed by atoms with Gasteiger partial charge in [-0.15, -0.1) is 0 Å². The predicted molar refractivity (Wildman–Crippen MR) is 121 cm³/mol. The molecule has 2 heterocycles. The Kier molecular flexibility index (Phi) is 6.34. The summed E-state index contributed by atoms with van der Waals surface area (Å²) in [7, 11) is 1.60. The van der Waals surface area contributed by atoms with E-state index in [1.165, 1.54) is 0 Å². The zero-order chi connectivity index (χ0) is 21.8. The number of benzene rings is 2. The number of ether oxygens (including phenoxy) is 1. The van der Waals surface area contributed by atoms with Gasteiger partial charge in [-0.25, -0.2) is 4.79 Å². The number of piperazine rings is 1. The van der Waals surface area contributed by atoms with Crippen LogP contribution in [0.15, 0.2) is 57.7 Å². The minimum atomic E-state index is -0.319. The largest absolute Gasteiger partial charge is 0.497 e. The standard InChI is InChI=1S/C24H27N3O4/c1-17-6-7-21-18(13-24(29)31-22(21)12-17)15-26-8-10-27(11-9-26)16-23(28)25-19-4-3-5-20(14-19)30-2/h3-7,12-14H,8-11,15-16H2,1-2H3,(H,25,28). The van der Waals surface area contributed by atoms with Crippen LogP contribution in [0.25, 0.3) is 11.0 Å². The number of anilines is 1. The van der Waals surface area contributed by atoms with E-state index >= 15 is 0 Å². The maximum atomic E-state index is 12.4. The van der Waals surface area contributed by atoms with Gasteiger partial charge in [-0.1, -0.05) is 18.2 Å². The Morgan fingerprint density at radius 3 is 2.61 bits per heavy atom. The first-order valence-electron chi connectivity index (χ1n) is 10.4. The summed E-state index contributed by atoms with van der Waals surface area (Å²) in [5.74, 6) is 0.674. The normalized spacial score (nSPS) is 15.2. The number of methoxy groups -OCH3 is 1. The number of fused-ring (bicyclic) bond motifs is 1. The van der Waals surface area contributed by atoms with Crippen molar-refractivity contribution < 1.29 is 13.9 Å². The van der Waals surface area contributed by atoms with Gasteiger partial charge in [0, 0.05) is 55.9 Å². The van der Waals surface area contributed by atoms with Crippen molar-refractivity contribution in [3.63, 3.8) is 0 Å². The number of hydrogen-bond donors (Lipinski definition) is 1. The first-order chi connectivity index (χ1) is 15.0. The van der Waals surface area contributed by atoms with Crippen LogP contribution < -0.4 is 15.7 Å². The Labute approximate surface area is 181 Å². The van der Waals surface area contributed by atoms with Crippen molar-refractivity contribution in [2.75, 3.05) is 45.2 Å². The van der Waals surface area contributed by atoms with Crippen LogP contribution in [0.3, 0.4) is 0 Å². The van der Waals surface area contributed by atoms with Crippen molar-refractivity contribution in [2.45, 2.75) is 13.5 Å². The summed E-state index contributed by atoms with van der Waals surface area (Å²) in [6.07, 6.45) is 0. The zero-order valence-electron chi connectivity index (χ0n) is 17.9. The van der Waals surface area contributed by atoms with E-state index in [0.29, 0.717) is 24.4 Å². The first kappa shape index (κ1) is 21.1. The number of nitrogens with one attached hydrogen (secondary N) is 1. The van der Waals surface area contributed by atoms with Gasteiger partial charge in [-0.2, -0.15) is 0 Å². The lowest BCUT2D eigenvalue weighted by Gasteiger charge is -2.34. The summed E-state index contributed by atoms with van der Waals surface area (Å²) in [4.78, 5) is 28.8. The van der Waals surface area contributed by atoms with E-state index in [-0.39, 0.29) is 11.5 Å². The fourth-order valence-electron chi connectivity index (χ4n) is 3.92. The fraction of sp³-hybridized carbons (Fsp3) is 0.333. The second-order valence-corrected chi connectivity index (χ2v) is 7.92. The summed E-state index contributed by atoms with van der Waals surface area (Å²) in [5.41, 5.74) is 3.09. The Balaban J connectivity index is 1.32. The molecule has 2 aromatic carbocycles. The SMILES string of the molecule is COc1cccc(NC(=O)CN2CCN(Cc3cc(=O)oc4cc(C)ccc34)CC2)c1. The summed E-state index contributed by atoms with van der Waals surface area (Å²) in [5, 5.41) is 3.90. The maximum absolute atomic E-state index is 12.4. The highest BCUT2D eigenvalue weighted by atomic mass is 16.5. The van der Waals surface area contributed by atoms with Gasteiger partial charge in [0.05, 0.1) is 13.7 Å². The summed E-state index contributed by atoms with van der Waals surface area (Å²) in [6.45, 7) is 6.28. The second-order valence-electron chi connectivity index (χ2n) is 7.92. The number of carbonyl (C=O) groups is 1. The minimum Gasteiger partial charge on any atom is -0.497 e. The molecule has 0 unspecified atom stereocenters. The molecule has 7 heteroatoms. The maximum Gasteiger partial charge on any atom is 0.336 e. The van der Waals surface area contributed by atoms with E-state index in [0.717, 1.165) is 48.4 Å². The summed E-state index contributed by atoms with van der Waals surface area (Å²) >= 11 is 0. The zero-order valence-corrected chi connectivity index (χ0v) is 17.9. The molecular formula is C24H27N3O4. The van der Waals surface area contributed by atoms with Crippen LogP contribution in [0, 0.1) is 6.92 Å². The van der Waals surface area contributed by atoms with Crippen LogP contribution in [-0.4, -0.2) is 55.5 Å². The molecule has 0 radical (unpaired) electrons. The van der Waals surface area contributed by atoms with E-state index in [1.54, 1.807) is 19.2 Å². The van der Waals surface area contributed by atoms with Crippen LogP contribution in [-0.2, 0) is 11.3 Å². The molecule has 4 rings (SSSR count). The quantitative estimate of drug-likeness (QED) is 0.617. The third-order valence-electron chi connectivity index (χ3n) is 5.57. The smallest absolute Gasteiger partial charge is 0.336 e. The van der Waals surface area contributed by atoms with Crippen LogP contribution in [0.2, 0.25) is 0 Å². The van der Waals surface area contributed by atoms with Gasteiger partial charge in [-0.3, -0.25) is 14.6 Å². The molecule has 7 nitrogen and oxygen atoms in total. The van der Waals surface area contributed by atoms with Gasteiger partial charge in [0.1, 0.15) is 11.3 Å². The van der Waals surface area contributed by atoms with Crippen LogP contribution in [0.4, 0.5) is 5.69 Å². The summed E-state index contributed by atoms with van der Waals surface area (Å²) < 4.78 is 10.6. The van der Waals surface area contributed by atoms with E-state index in [2.05, 4.69) is 15.1 Å². The lowest BCUT2D eigenvalue weighted by molar-refractivity contribution is -0.117. The molecule has 162 valence electrons. The molecule has 0 aliphatic carbocycles. The molecule has 0 bridgehead atoms. The first-order valence-corrected chi connectivity index (χ1v) is 10.4. The monoisotopic (exact) mass is 421 g/mol. The van der Waals surface area contributed by atoms with Crippen LogP contribution in [0.1, 0.15) is 11.1 Å². The number of aryl methyl sites for hydroxylation is 1. The van der Waals surface area contributed by atoms with E-state index in [1.807, 2.05) is 43.3 Å². The topological polar surface area (TPSA) is 75.0 Å². The lowest BCUT2D eigenvalue weighted by atomic mass is 10.1. The lowest BCUT2D eigenvalue weighted by Crippen LogP contribution is -2.48. The fourth-order valence-corrected chi connectivity index (χ4v) is 3.92. The highest BCUT2D eigenvalue weighted by Gasteiger charge is 2.20. The number of amides is 1. The Hall–Kier alpha value is -3.16. The van der Waals surface area contributed by atoms with Crippen molar-refractivity contribution in [3.8, 4) is 5.75 Å². The average molecular weight is 421 g/mol. The van der Waals surface area contributed by atoms with Gasteiger partial charge in [0.15, 0.2) is 0 Å². The van der Waals surface area contributed by atoms with Crippen LogP contribution in [0.5, 0.6) is 5.75 Å². The average Bonchev–Trinajstić information content (AvgIpc) is 2.74. The van der Waals surface area contributed by atoms with Gasteiger partial charge >= 0.3 is 5.63 Å². The van der Waals surface area contributed by atoms with Crippen molar-refractivity contribution >= 4 is 22.6 Å². The predicted octanol–water partition coefficient (Wildman–Crippen LogP) is 2.87. The molecule has 1 aliphatic rings. The van der Waals surface area contributed by atoms with Crippen LogP contribution >= 0.6 is 0 Å². The number of nitrogens with zero attached hydrogens (tertiary/aromatic N) is 2. The number of rotatable bonds is 6. The molecule has 3 aromatic rings. The van der Waals surface area contributed by atoms with E-state index < -0.39 is 0 Å². The van der Waals surface area contributed by atoms with Gasteiger partial charge in [0.25, 0.3) is 0 Å². The van der Waals surface area contributed by atoms with E-state index in [9.17, 15) is 9.59 Å². The molecule has 1 N–H and O–H groups in total. The molecule has 1 aliphatic heterocycles. The third-order valence-corrected chi connectivity index (χ3v) is 5.57. The van der Waals surface area contributed by atoms with Crippen molar-refractivity contribution in [1.29, 1.82) is 0 Å². The molecular weight excluding hydrogens is 394 g/mol. The van der Waals surface area contributed by atoms with E-state index in [4.69, 9.17) is 9.15 Å². The van der Waals surface area contributed by atoms with Gasteiger partial charge < -0.3 is 14.5 Å².